The Kier molecular flexibility index (Phi) is 6.88. The number of nitrogens with one attached hydrogen (secondary N) is 3. The lowest BCUT2D eigenvalue weighted by Gasteiger charge is -2.14. The van der Waals surface area contributed by atoms with Crippen molar-refractivity contribution >= 4 is 33.0 Å². The summed E-state index contributed by atoms with van der Waals surface area (Å²) in [5, 5.41) is 17.3. The fraction of sp³-hybridized carbons (Fsp3) is 0.350. The molecule has 0 saturated carbocycles. The number of para-hydroxylation sites is 1. The van der Waals surface area contributed by atoms with Crippen LogP contribution in [0.3, 0.4) is 0 Å². The highest BCUT2D eigenvalue weighted by molar-refractivity contribution is 7.89. The number of hydrogen-bond donors (Lipinski definition) is 3. The molecule has 2 atom stereocenters. The molecule has 3 N–H and O–H groups in total. The Morgan fingerprint density at radius 2 is 2.00 bits per heavy atom. The molecule has 0 saturated heterocycles. The Morgan fingerprint density at radius 3 is 2.71 bits per heavy atom. The molecule has 1 heterocycles. The highest BCUT2D eigenvalue weighted by Gasteiger charge is 2.30. The standard InChI is InChI=1S/C20H24N4O6S/c1-13(12-30-2)23-31(28,29)14-7-8-18(19(11-14)24(26)27)21-10-9-16-15-5-3-4-6-17(15)22-20(16)25/h3-8,11,13,16,21,23H,9-10,12H2,1-2H3,(H,22,25). The molecule has 2 unspecified atom stereocenters. The van der Waals surface area contributed by atoms with E-state index in [1.165, 1.54) is 19.2 Å². The molecule has 3 rings (SSSR count). The van der Waals surface area contributed by atoms with Crippen molar-refractivity contribution in [3.63, 3.8) is 0 Å². The molecule has 0 radical (unpaired) electrons. The lowest BCUT2D eigenvalue weighted by atomic mass is 9.97. The number of methoxy groups -OCH3 is 1. The monoisotopic (exact) mass is 448 g/mol. The number of carbonyl (C=O) groups is 1. The molecule has 10 nitrogen and oxygen atoms in total. The number of ether oxygens (including phenoxy) is 1. The Balaban J connectivity index is 1.72. The van der Waals surface area contributed by atoms with Crippen LogP contribution in [0, 0.1) is 10.1 Å². The first kappa shape index (κ1) is 22.7. The molecular weight excluding hydrogens is 424 g/mol. The van der Waals surface area contributed by atoms with Gasteiger partial charge in [0.15, 0.2) is 0 Å². The van der Waals surface area contributed by atoms with Crippen molar-refractivity contribution in [2.45, 2.75) is 30.2 Å². The maximum Gasteiger partial charge on any atom is 0.293 e. The van der Waals surface area contributed by atoms with Crippen LogP contribution in [-0.4, -0.2) is 45.6 Å². The SMILES string of the molecule is COCC(C)NS(=O)(=O)c1ccc(NCCC2C(=O)Nc3ccccc32)c([N+](=O)[O-])c1. The van der Waals surface area contributed by atoms with Gasteiger partial charge in [0.05, 0.1) is 22.3 Å². The summed E-state index contributed by atoms with van der Waals surface area (Å²) in [7, 11) is -2.50. The maximum atomic E-state index is 12.5. The summed E-state index contributed by atoms with van der Waals surface area (Å²) in [6.45, 7) is 2.09. The fourth-order valence-electron chi connectivity index (χ4n) is 3.51. The molecule has 31 heavy (non-hydrogen) atoms. The van der Waals surface area contributed by atoms with Crippen LogP contribution in [0.2, 0.25) is 0 Å². The first-order chi connectivity index (χ1) is 14.7. The van der Waals surface area contributed by atoms with Gasteiger partial charge in [0.1, 0.15) is 5.69 Å². The third-order valence-electron chi connectivity index (χ3n) is 4.91. The first-order valence-electron chi connectivity index (χ1n) is 9.66. The highest BCUT2D eigenvalue weighted by Crippen LogP contribution is 2.34. The zero-order valence-corrected chi connectivity index (χ0v) is 17.9. The Morgan fingerprint density at radius 1 is 1.26 bits per heavy atom. The van der Waals surface area contributed by atoms with Gasteiger partial charge in [0.25, 0.3) is 5.69 Å². The van der Waals surface area contributed by atoms with Crippen LogP contribution >= 0.6 is 0 Å². The van der Waals surface area contributed by atoms with Crippen LogP contribution in [0.1, 0.15) is 24.8 Å². The summed E-state index contributed by atoms with van der Waals surface area (Å²) in [6.07, 6.45) is 0.427. The lowest BCUT2D eigenvalue weighted by molar-refractivity contribution is -0.384. The van der Waals surface area contributed by atoms with Gasteiger partial charge in [-0.05, 0) is 37.1 Å². The molecule has 2 aromatic rings. The molecule has 0 bridgehead atoms. The number of fused-ring (bicyclic) bond motifs is 1. The molecule has 1 amide bonds. The zero-order valence-electron chi connectivity index (χ0n) is 17.1. The van der Waals surface area contributed by atoms with E-state index in [1.807, 2.05) is 24.3 Å². The van der Waals surface area contributed by atoms with Crippen molar-refractivity contribution in [1.82, 2.24) is 4.72 Å². The number of anilines is 2. The zero-order chi connectivity index (χ0) is 22.6. The predicted octanol–water partition coefficient (Wildman–Crippen LogP) is 2.45. The van der Waals surface area contributed by atoms with Crippen LogP contribution in [0.4, 0.5) is 17.1 Å². The van der Waals surface area contributed by atoms with E-state index in [0.717, 1.165) is 17.3 Å². The lowest BCUT2D eigenvalue weighted by Crippen LogP contribution is -2.35. The van der Waals surface area contributed by atoms with E-state index in [2.05, 4.69) is 15.4 Å². The van der Waals surface area contributed by atoms with E-state index in [-0.39, 0.29) is 34.7 Å². The molecule has 166 valence electrons. The van der Waals surface area contributed by atoms with E-state index in [0.29, 0.717) is 13.0 Å². The summed E-state index contributed by atoms with van der Waals surface area (Å²) in [5.41, 5.74) is 1.48. The van der Waals surface area contributed by atoms with Gasteiger partial charge in [-0.15, -0.1) is 0 Å². The van der Waals surface area contributed by atoms with Gasteiger partial charge in [-0.2, -0.15) is 0 Å². The minimum Gasteiger partial charge on any atom is -0.383 e. The Bertz CT molecular complexity index is 1090. The number of nitrogens with zero attached hydrogens (tertiary/aromatic N) is 1. The van der Waals surface area contributed by atoms with Gasteiger partial charge in [0.2, 0.25) is 15.9 Å². The minimum atomic E-state index is -3.94. The number of sulfonamides is 1. The summed E-state index contributed by atoms with van der Waals surface area (Å²) < 4.78 is 32.3. The predicted molar refractivity (Wildman–Crippen MR) is 116 cm³/mol. The summed E-state index contributed by atoms with van der Waals surface area (Å²) in [6, 6.07) is 10.6. The number of amides is 1. The van der Waals surface area contributed by atoms with Crippen molar-refractivity contribution < 1.29 is 22.9 Å². The van der Waals surface area contributed by atoms with Crippen LogP contribution in [-0.2, 0) is 19.6 Å². The van der Waals surface area contributed by atoms with E-state index < -0.39 is 21.0 Å². The first-order valence-corrected chi connectivity index (χ1v) is 11.1. The molecule has 0 fully saturated rings. The van der Waals surface area contributed by atoms with Crippen LogP contribution in [0.5, 0.6) is 0 Å². The van der Waals surface area contributed by atoms with Gasteiger partial charge < -0.3 is 15.4 Å². The second-order valence-electron chi connectivity index (χ2n) is 7.26. The van der Waals surface area contributed by atoms with Gasteiger partial charge in [-0.1, -0.05) is 18.2 Å². The highest BCUT2D eigenvalue weighted by atomic mass is 32.2. The number of carbonyl (C=O) groups excluding carboxylic acids is 1. The van der Waals surface area contributed by atoms with Crippen molar-refractivity contribution in [3.05, 3.63) is 58.1 Å². The van der Waals surface area contributed by atoms with E-state index in [1.54, 1.807) is 6.92 Å². The van der Waals surface area contributed by atoms with Crippen molar-refractivity contribution in [2.24, 2.45) is 0 Å². The van der Waals surface area contributed by atoms with Crippen molar-refractivity contribution in [3.8, 4) is 0 Å². The number of nitro benzene ring substituents is 1. The normalized spacial score (nSPS) is 16.5. The summed E-state index contributed by atoms with van der Waals surface area (Å²) >= 11 is 0. The molecule has 0 aliphatic carbocycles. The average molecular weight is 449 g/mol. The molecule has 1 aliphatic heterocycles. The number of rotatable bonds is 10. The second-order valence-corrected chi connectivity index (χ2v) is 8.97. The second kappa shape index (κ2) is 9.41. The van der Waals surface area contributed by atoms with E-state index in [4.69, 9.17) is 4.74 Å². The van der Waals surface area contributed by atoms with Gasteiger partial charge in [-0.25, -0.2) is 13.1 Å². The molecule has 0 aromatic heterocycles. The number of benzene rings is 2. The molecule has 11 heteroatoms. The fourth-order valence-corrected chi connectivity index (χ4v) is 4.76. The molecule has 1 aliphatic rings. The number of nitro groups is 1. The van der Waals surface area contributed by atoms with Crippen molar-refractivity contribution in [2.75, 3.05) is 30.9 Å². The molecular formula is C20H24N4O6S. The van der Waals surface area contributed by atoms with Gasteiger partial charge in [0, 0.05) is 31.5 Å². The van der Waals surface area contributed by atoms with Crippen LogP contribution in [0.25, 0.3) is 0 Å². The summed E-state index contributed by atoms with van der Waals surface area (Å²) in [5.74, 6) is -0.468. The topological polar surface area (TPSA) is 140 Å². The Hall–Kier alpha value is -3.02. The molecule has 2 aromatic carbocycles. The maximum absolute atomic E-state index is 12.5. The van der Waals surface area contributed by atoms with Crippen molar-refractivity contribution in [1.29, 1.82) is 0 Å². The van der Waals surface area contributed by atoms with Crippen LogP contribution in [0.15, 0.2) is 47.4 Å². The molecule has 0 spiro atoms. The van der Waals surface area contributed by atoms with Gasteiger partial charge in [-0.3, -0.25) is 14.9 Å². The quantitative estimate of drug-likeness (QED) is 0.375. The largest absolute Gasteiger partial charge is 0.383 e. The minimum absolute atomic E-state index is 0.116. The third-order valence-corrected chi connectivity index (χ3v) is 6.50. The Labute approximate surface area is 180 Å². The van der Waals surface area contributed by atoms with Crippen LogP contribution < -0.4 is 15.4 Å². The van der Waals surface area contributed by atoms with Gasteiger partial charge >= 0.3 is 0 Å². The number of hydrogen-bond acceptors (Lipinski definition) is 7. The van der Waals surface area contributed by atoms with E-state index >= 15 is 0 Å². The van der Waals surface area contributed by atoms with E-state index in [9.17, 15) is 23.3 Å². The third kappa shape index (κ3) is 5.19. The smallest absolute Gasteiger partial charge is 0.293 e. The average Bonchev–Trinajstić information content (AvgIpc) is 3.03. The summed E-state index contributed by atoms with van der Waals surface area (Å²) in [4.78, 5) is 22.9.